The number of amides is 1. The molecule has 3 heterocycles. The lowest BCUT2D eigenvalue weighted by Crippen LogP contribution is -2.47. The number of hydrogen-bond donors (Lipinski definition) is 1. The molecule has 1 fully saturated rings. The van der Waals surface area contributed by atoms with Crippen molar-refractivity contribution in [2.45, 2.75) is 77.6 Å². The summed E-state index contributed by atoms with van der Waals surface area (Å²) in [5.41, 5.74) is 0.579. The third-order valence-electron chi connectivity index (χ3n) is 7.46. The predicted molar refractivity (Wildman–Crippen MR) is 150 cm³/mol. The Balaban J connectivity index is 1.81. The zero-order valence-corrected chi connectivity index (χ0v) is 23.9. The molecular weight excluding hydrogens is 496 g/mol. The summed E-state index contributed by atoms with van der Waals surface area (Å²) in [7, 11) is 0. The maximum Gasteiger partial charge on any atom is 0.410 e. The van der Waals surface area contributed by atoms with E-state index in [1.165, 1.54) is 0 Å². The molecular formula is C31H44N2O6. The molecule has 1 aromatic heterocycles. The predicted octanol–water partition coefficient (Wildman–Crippen LogP) is 5.20. The van der Waals surface area contributed by atoms with E-state index in [-0.39, 0.29) is 30.1 Å². The molecule has 1 amide bonds. The van der Waals surface area contributed by atoms with Gasteiger partial charge in [-0.15, -0.1) is 0 Å². The number of carbonyl (C=O) groups is 2. The third-order valence-corrected chi connectivity index (χ3v) is 7.46. The van der Waals surface area contributed by atoms with Crippen molar-refractivity contribution in [3.63, 3.8) is 0 Å². The van der Waals surface area contributed by atoms with Gasteiger partial charge in [-0.3, -0.25) is 9.78 Å². The third kappa shape index (κ3) is 9.32. The van der Waals surface area contributed by atoms with E-state index in [0.29, 0.717) is 39.1 Å². The fourth-order valence-electron chi connectivity index (χ4n) is 4.76. The Labute approximate surface area is 232 Å². The van der Waals surface area contributed by atoms with E-state index in [1.807, 2.05) is 57.2 Å². The van der Waals surface area contributed by atoms with Gasteiger partial charge in [0.05, 0.1) is 13.2 Å². The standard InChI is InChI=1S/C31H44N2O6/c1-22-14-15-31(5,36)27(38-30(35)33-17-19-37-20-18-33)13-12-25(4)29(39-28(34)21-22)24(3)10-8-9-23(2)26-11-6-7-16-32-26/h6-13,16,22-23,25,27,29,36H,14-15,17-21H2,1-5H3/b9-8+,13-12+,24-10+/t22-,23-,25+,27+,29-,31-/m1/s1. The number of esters is 1. The number of ether oxygens (including phenoxy) is 3. The Hall–Kier alpha value is -2.97. The van der Waals surface area contributed by atoms with Gasteiger partial charge in [-0.1, -0.05) is 51.1 Å². The zero-order chi connectivity index (χ0) is 28.4. The number of aromatic nitrogens is 1. The van der Waals surface area contributed by atoms with Gasteiger partial charge in [0.1, 0.15) is 11.7 Å². The van der Waals surface area contributed by atoms with E-state index in [9.17, 15) is 14.7 Å². The minimum Gasteiger partial charge on any atom is -0.457 e. The lowest BCUT2D eigenvalue weighted by molar-refractivity contribution is -0.150. The highest BCUT2D eigenvalue weighted by Gasteiger charge is 2.36. The van der Waals surface area contributed by atoms with Crippen molar-refractivity contribution in [1.29, 1.82) is 0 Å². The van der Waals surface area contributed by atoms with Gasteiger partial charge in [0, 0.05) is 43.2 Å². The molecule has 0 bridgehead atoms. The molecule has 0 aromatic carbocycles. The van der Waals surface area contributed by atoms with Crippen LogP contribution in [0.2, 0.25) is 0 Å². The Bertz CT molecular complexity index is 1030. The number of aliphatic hydroxyl groups is 1. The summed E-state index contributed by atoms with van der Waals surface area (Å²) in [5.74, 6) is -0.345. The molecule has 0 radical (unpaired) electrons. The molecule has 6 atom stereocenters. The number of morpholine rings is 1. The lowest BCUT2D eigenvalue weighted by atomic mass is 9.87. The van der Waals surface area contributed by atoms with Gasteiger partial charge in [-0.05, 0) is 56.4 Å². The van der Waals surface area contributed by atoms with Crippen molar-refractivity contribution in [2.24, 2.45) is 11.8 Å². The van der Waals surface area contributed by atoms with Gasteiger partial charge < -0.3 is 24.2 Å². The monoisotopic (exact) mass is 540 g/mol. The van der Waals surface area contributed by atoms with E-state index < -0.39 is 23.9 Å². The smallest absolute Gasteiger partial charge is 0.410 e. The first-order valence-corrected chi connectivity index (χ1v) is 14.0. The summed E-state index contributed by atoms with van der Waals surface area (Å²) in [6.07, 6.45) is 10.8. The van der Waals surface area contributed by atoms with Crippen LogP contribution in [0.25, 0.3) is 0 Å². The number of carbonyl (C=O) groups excluding carboxylic acids is 2. The molecule has 2 aliphatic heterocycles. The fraction of sp³-hybridized carbons (Fsp3) is 0.581. The summed E-state index contributed by atoms with van der Waals surface area (Å²) in [6, 6.07) is 5.85. The maximum absolute atomic E-state index is 12.9. The number of allylic oxidation sites excluding steroid dienone is 3. The molecule has 3 rings (SSSR count). The van der Waals surface area contributed by atoms with Crippen LogP contribution in [0, 0.1) is 11.8 Å². The molecule has 1 N–H and O–H groups in total. The van der Waals surface area contributed by atoms with Crippen LogP contribution in [0.4, 0.5) is 4.79 Å². The Morgan fingerprint density at radius 2 is 2.00 bits per heavy atom. The molecule has 0 aliphatic carbocycles. The minimum atomic E-state index is -1.29. The summed E-state index contributed by atoms with van der Waals surface area (Å²) >= 11 is 0. The van der Waals surface area contributed by atoms with Gasteiger partial charge >= 0.3 is 12.1 Å². The Morgan fingerprint density at radius 1 is 1.26 bits per heavy atom. The molecule has 0 unspecified atom stereocenters. The van der Waals surface area contributed by atoms with E-state index >= 15 is 0 Å². The van der Waals surface area contributed by atoms with E-state index in [0.717, 1.165) is 11.3 Å². The Kier molecular flexibility index (Phi) is 11.3. The second-order valence-electron chi connectivity index (χ2n) is 11.1. The summed E-state index contributed by atoms with van der Waals surface area (Å²) in [4.78, 5) is 31.7. The van der Waals surface area contributed by atoms with Crippen LogP contribution in [0.5, 0.6) is 0 Å². The van der Waals surface area contributed by atoms with Crippen LogP contribution >= 0.6 is 0 Å². The number of hydrogen-bond acceptors (Lipinski definition) is 7. The van der Waals surface area contributed by atoms with Crippen molar-refractivity contribution in [3.05, 3.63) is 66.0 Å². The lowest BCUT2D eigenvalue weighted by Gasteiger charge is -2.35. The van der Waals surface area contributed by atoms with Crippen molar-refractivity contribution < 1.29 is 28.9 Å². The number of pyridine rings is 1. The number of nitrogens with zero attached hydrogens (tertiary/aromatic N) is 2. The van der Waals surface area contributed by atoms with Crippen LogP contribution in [0.15, 0.2) is 60.3 Å². The van der Waals surface area contributed by atoms with Crippen LogP contribution in [0.3, 0.4) is 0 Å². The molecule has 8 heteroatoms. The molecule has 2 aliphatic rings. The summed E-state index contributed by atoms with van der Waals surface area (Å²) in [5, 5.41) is 11.4. The van der Waals surface area contributed by atoms with Crippen LogP contribution in [-0.4, -0.2) is 71.2 Å². The first-order chi connectivity index (χ1) is 18.6. The van der Waals surface area contributed by atoms with E-state index in [4.69, 9.17) is 14.2 Å². The summed E-state index contributed by atoms with van der Waals surface area (Å²) < 4.78 is 17.2. The van der Waals surface area contributed by atoms with Crippen molar-refractivity contribution in [1.82, 2.24) is 9.88 Å². The second-order valence-corrected chi connectivity index (χ2v) is 11.1. The van der Waals surface area contributed by atoms with Crippen molar-refractivity contribution in [3.8, 4) is 0 Å². The zero-order valence-electron chi connectivity index (χ0n) is 23.9. The van der Waals surface area contributed by atoms with E-state index in [2.05, 4.69) is 18.0 Å². The molecule has 39 heavy (non-hydrogen) atoms. The van der Waals surface area contributed by atoms with Crippen molar-refractivity contribution >= 4 is 12.1 Å². The van der Waals surface area contributed by atoms with Crippen LogP contribution in [-0.2, 0) is 19.0 Å². The average molecular weight is 541 g/mol. The molecule has 0 spiro atoms. The van der Waals surface area contributed by atoms with Gasteiger partial charge in [0.15, 0.2) is 6.10 Å². The van der Waals surface area contributed by atoms with E-state index in [1.54, 1.807) is 24.1 Å². The SMILES string of the molecule is C/C(=C\C=C\[C@@H](C)c1ccccn1)[C@H]1OC(=O)C[C@H](C)CC[C@@](C)(O)[C@@H](OC(=O)N2CCOCC2)/C=C/[C@@H]1C. The topological polar surface area (TPSA) is 98.2 Å². The highest BCUT2D eigenvalue weighted by Crippen LogP contribution is 2.29. The average Bonchev–Trinajstić information content (AvgIpc) is 2.92. The number of rotatable bonds is 5. The van der Waals surface area contributed by atoms with Gasteiger partial charge in [-0.2, -0.15) is 0 Å². The largest absolute Gasteiger partial charge is 0.457 e. The maximum atomic E-state index is 12.9. The second kappa shape index (κ2) is 14.4. The highest BCUT2D eigenvalue weighted by atomic mass is 16.6. The Morgan fingerprint density at radius 3 is 2.69 bits per heavy atom. The first kappa shape index (κ1) is 30.6. The van der Waals surface area contributed by atoms with Crippen LogP contribution < -0.4 is 0 Å². The highest BCUT2D eigenvalue weighted by molar-refractivity contribution is 5.70. The van der Waals surface area contributed by atoms with Gasteiger partial charge in [-0.25, -0.2) is 4.79 Å². The first-order valence-electron chi connectivity index (χ1n) is 14.0. The molecule has 0 saturated carbocycles. The number of cyclic esters (lactones) is 1. The fourth-order valence-corrected chi connectivity index (χ4v) is 4.76. The molecule has 1 saturated heterocycles. The molecule has 1 aromatic rings. The molecule has 8 nitrogen and oxygen atoms in total. The molecule has 214 valence electrons. The normalized spacial score (nSPS) is 31.1. The van der Waals surface area contributed by atoms with Gasteiger partial charge in [0.2, 0.25) is 0 Å². The van der Waals surface area contributed by atoms with Gasteiger partial charge in [0.25, 0.3) is 0 Å². The quantitative estimate of drug-likeness (QED) is 0.311. The minimum absolute atomic E-state index is 0.00216. The van der Waals surface area contributed by atoms with Crippen LogP contribution in [0.1, 0.15) is 65.5 Å². The van der Waals surface area contributed by atoms with Crippen molar-refractivity contribution in [2.75, 3.05) is 26.3 Å². The summed E-state index contributed by atoms with van der Waals surface area (Å²) in [6.45, 7) is 11.5.